The Hall–Kier alpha value is -4.20. The maximum absolute atomic E-state index is 12.6. The van der Waals surface area contributed by atoms with Gasteiger partial charge in [0, 0.05) is 18.6 Å². The van der Waals surface area contributed by atoms with Crippen molar-refractivity contribution in [3.63, 3.8) is 0 Å². The van der Waals surface area contributed by atoms with Crippen molar-refractivity contribution in [2.45, 2.75) is 13.3 Å². The molecule has 0 spiro atoms. The van der Waals surface area contributed by atoms with E-state index in [2.05, 4.69) is 15.5 Å². The van der Waals surface area contributed by atoms with Crippen LogP contribution in [0.4, 0.5) is 5.69 Å². The molecule has 2 aromatic heterocycles. The van der Waals surface area contributed by atoms with Gasteiger partial charge in [0.25, 0.3) is 0 Å². The van der Waals surface area contributed by atoms with Crippen molar-refractivity contribution in [1.29, 1.82) is 0 Å². The molecule has 1 N–H and O–H groups in total. The third-order valence-electron chi connectivity index (χ3n) is 4.57. The number of esters is 1. The summed E-state index contributed by atoms with van der Waals surface area (Å²) in [4.78, 5) is 24.5. The molecule has 31 heavy (non-hydrogen) atoms. The van der Waals surface area contributed by atoms with Gasteiger partial charge in [-0.1, -0.05) is 24.3 Å². The van der Waals surface area contributed by atoms with Crippen LogP contribution in [-0.2, 0) is 16.0 Å². The van der Waals surface area contributed by atoms with Crippen LogP contribution in [0.2, 0.25) is 0 Å². The van der Waals surface area contributed by atoms with E-state index in [0.717, 1.165) is 11.3 Å². The lowest BCUT2D eigenvalue weighted by Gasteiger charge is -2.11. The van der Waals surface area contributed by atoms with Crippen molar-refractivity contribution in [2.24, 2.45) is 0 Å². The number of ether oxygens (including phenoxy) is 1. The Morgan fingerprint density at radius 1 is 0.968 bits per heavy atom. The predicted molar refractivity (Wildman–Crippen MR) is 115 cm³/mol. The lowest BCUT2D eigenvalue weighted by molar-refractivity contribution is -0.115. The van der Waals surface area contributed by atoms with Gasteiger partial charge in [-0.25, -0.2) is 14.2 Å². The number of carbonyl (C=O) groups is 2. The summed E-state index contributed by atoms with van der Waals surface area (Å²) in [6.45, 7) is 2.02. The quantitative estimate of drug-likeness (QED) is 0.467. The van der Waals surface area contributed by atoms with E-state index in [0.29, 0.717) is 11.4 Å². The summed E-state index contributed by atoms with van der Waals surface area (Å²) in [7, 11) is 0. The zero-order valence-electron chi connectivity index (χ0n) is 16.9. The molecule has 0 atom stereocenters. The van der Waals surface area contributed by atoms with Gasteiger partial charge >= 0.3 is 5.97 Å². The SMILES string of the molecule is CCOC(=O)c1ccn(-c2ccccc2NC(=O)Cc2ccc(-n3cccn3)cc2)n1. The Kier molecular flexibility index (Phi) is 5.89. The summed E-state index contributed by atoms with van der Waals surface area (Å²) < 4.78 is 8.28. The highest BCUT2D eigenvalue weighted by Gasteiger charge is 2.14. The Bertz CT molecular complexity index is 1180. The number of anilines is 1. The van der Waals surface area contributed by atoms with Gasteiger partial charge in [-0.2, -0.15) is 10.2 Å². The monoisotopic (exact) mass is 415 g/mol. The maximum Gasteiger partial charge on any atom is 0.358 e. The van der Waals surface area contributed by atoms with E-state index in [9.17, 15) is 9.59 Å². The van der Waals surface area contributed by atoms with Crippen molar-refractivity contribution < 1.29 is 14.3 Å². The molecule has 0 aliphatic carbocycles. The molecule has 0 unspecified atom stereocenters. The first kappa shape index (κ1) is 20.1. The van der Waals surface area contributed by atoms with Crippen LogP contribution in [0.3, 0.4) is 0 Å². The van der Waals surface area contributed by atoms with Crippen LogP contribution in [-0.4, -0.2) is 38.0 Å². The largest absolute Gasteiger partial charge is 0.461 e. The molecule has 0 saturated carbocycles. The lowest BCUT2D eigenvalue weighted by Crippen LogP contribution is -2.16. The molecule has 2 aromatic carbocycles. The van der Waals surface area contributed by atoms with Gasteiger partial charge in [0.05, 0.1) is 30.1 Å². The van der Waals surface area contributed by atoms with Crippen LogP contribution < -0.4 is 5.32 Å². The summed E-state index contributed by atoms with van der Waals surface area (Å²) in [5, 5.41) is 11.4. The van der Waals surface area contributed by atoms with Gasteiger partial charge in [-0.3, -0.25) is 4.79 Å². The van der Waals surface area contributed by atoms with E-state index < -0.39 is 5.97 Å². The summed E-state index contributed by atoms with van der Waals surface area (Å²) in [5.74, 6) is -0.640. The number of nitrogens with zero attached hydrogens (tertiary/aromatic N) is 4. The van der Waals surface area contributed by atoms with Gasteiger partial charge in [0.2, 0.25) is 5.91 Å². The zero-order chi connectivity index (χ0) is 21.6. The summed E-state index contributed by atoms with van der Waals surface area (Å²) in [5.41, 5.74) is 3.27. The van der Waals surface area contributed by atoms with Crippen molar-refractivity contribution >= 4 is 17.6 Å². The van der Waals surface area contributed by atoms with Gasteiger partial charge in [0.1, 0.15) is 0 Å². The first-order valence-corrected chi connectivity index (χ1v) is 9.85. The Labute approximate surface area is 179 Å². The molecule has 0 bridgehead atoms. The Morgan fingerprint density at radius 2 is 1.77 bits per heavy atom. The van der Waals surface area contributed by atoms with Gasteiger partial charge in [-0.15, -0.1) is 0 Å². The minimum absolute atomic E-state index is 0.155. The van der Waals surface area contributed by atoms with E-state index >= 15 is 0 Å². The van der Waals surface area contributed by atoms with Gasteiger partial charge in [-0.05, 0) is 48.9 Å². The van der Waals surface area contributed by atoms with Crippen LogP contribution in [0.15, 0.2) is 79.3 Å². The molecule has 4 aromatic rings. The zero-order valence-corrected chi connectivity index (χ0v) is 16.9. The lowest BCUT2D eigenvalue weighted by atomic mass is 10.1. The van der Waals surface area contributed by atoms with Crippen LogP contribution in [0.25, 0.3) is 11.4 Å². The molecule has 0 aliphatic rings. The average Bonchev–Trinajstić information content (AvgIpc) is 3.47. The number of aromatic nitrogens is 4. The second-order valence-electron chi connectivity index (χ2n) is 6.73. The van der Waals surface area contributed by atoms with E-state index in [1.807, 2.05) is 54.7 Å². The van der Waals surface area contributed by atoms with E-state index in [1.54, 1.807) is 40.8 Å². The highest BCUT2D eigenvalue weighted by Crippen LogP contribution is 2.20. The molecular formula is C23H21N5O3. The number of hydrogen-bond acceptors (Lipinski definition) is 5. The van der Waals surface area contributed by atoms with E-state index in [4.69, 9.17) is 4.74 Å². The van der Waals surface area contributed by atoms with Crippen LogP contribution in [0.5, 0.6) is 0 Å². The molecule has 8 heteroatoms. The molecule has 2 heterocycles. The van der Waals surface area contributed by atoms with Crippen LogP contribution >= 0.6 is 0 Å². The Balaban J connectivity index is 1.46. The van der Waals surface area contributed by atoms with Crippen molar-refractivity contribution in [3.8, 4) is 11.4 Å². The number of rotatable bonds is 7. The topological polar surface area (TPSA) is 91.0 Å². The number of hydrogen-bond donors (Lipinski definition) is 1. The molecule has 0 saturated heterocycles. The van der Waals surface area contributed by atoms with Crippen LogP contribution in [0.1, 0.15) is 23.0 Å². The van der Waals surface area contributed by atoms with Gasteiger partial charge in [0.15, 0.2) is 5.69 Å². The van der Waals surface area contributed by atoms with Crippen molar-refractivity contribution in [1.82, 2.24) is 19.6 Å². The number of nitrogens with one attached hydrogen (secondary N) is 1. The second kappa shape index (κ2) is 9.08. The normalized spacial score (nSPS) is 10.6. The molecule has 8 nitrogen and oxygen atoms in total. The minimum Gasteiger partial charge on any atom is -0.461 e. The third kappa shape index (κ3) is 4.69. The minimum atomic E-state index is -0.485. The summed E-state index contributed by atoms with van der Waals surface area (Å²) in [6.07, 6.45) is 5.46. The highest BCUT2D eigenvalue weighted by atomic mass is 16.5. The molecule has 1 amide bonds. The fourth-order valence-corrected chi connectivity index (χ4v) is 3.12. The molecule has 0 aliphatic heterocycles. The predicted octanol–water partition coefficient (Wildman–Crippen LogP) is 3.42. The number of amides is 1. The average molecular weight is 415 g/mol. The first-order valence-electron chi connectivity index (χ1n) is 9.85. The molecular weight excluding hydrogens is 394 g/mol. The highest BCUT2D eigenvalue weighted by molar-refractivity contribution is 5.94. The third-order valence-corrected chi connectivity index (χ3v) is 4.57. The summed E-state index contributed by atoms with van der Waals surface area (Å²) >= 11 is 0. The summed E-state index contributed by atoms with van der Waals surface area (Å²) in [6, 6.07) is 18.4. The molecule has 0 radical (unpaired) electrons. The van der Waals surface area contributed by atoms with E-state index in [1.165, 1.54) is 0 Å². The van der Waals surface area contributed by atoms with Gasteiger partial charge < -0.3 is 10.1 Å². The van der Waals surface area contributed by atoms with Crippen molar-refractivity contribution in [2.75, 3.05) is 11.9 Å². The fraction of sp³-hybridized carbons (Fsp3) is 0.130. The maximum atomic E-state index is 12.6. The van der Waals surface area contributed by atoms with Crippen molar-refractivity contribution in [3.05, 3.63) is 90.5 Å². The number of carbonyl (C=O) groups excluding carboxylic acids is 2. The Morgan fingerprint density at radius 3 is 2.52 bits per heavy atom. The van der Waals surface area contributed by atoms with Crippen LogP contribution in [0, 0.1) is 0 Å². The smallest absolute Gasteiger partial charge is 0.358 e. The number of para-hydroxylation sites is 2. The standard InChI is InChI=1S/C23H21N5O3/c1-2-31-23(30)20-12-15-28(26-20)21-7-4-3-6-19(21)25-22(29)16-17-8-10-18(11-9-17)27-14-5-13-24-27/h3-15H,2,16H2,1H3,(H,25,29). The molecule has 4 rings (SSSR count). The molecule has 0 fully saturated rings. The first-order chi connectivity index (χ1) is 15.1. The number of benzene rings is 2. The molecule has 156 valence electrons. The van der Waals surface area contributed by atoms with E-state index in [-0.39, 0.29) is 24.6 Å². The fourth-order valence-electron chi connectivity index (χ4n) is 3.12. The second-order valence-corrected chi connectivity index (χ2v) is 6.73.